The Labute approximate surface area is 109 Å². The van der Waals surface area contributed by atoms with Crippen LogP contribution in [0.25, 0.3) is 0 Å². The van der Waals surface area contributed by atoms with Crippen LogP contribution in [-0.4, -0.2) is 56.4 Å². The molecule has 1 atom stereocenters. The standard InChI is InChI=1S/C13H24N2O3/c1-2-11-9-15(5-8-18-11)12(16)13(10-14)3-6-17-7-4-13/h11H,2-10,14H2,1H3. The fourth-order valence-corrected chi connectivity index (χ4v) is 2.75. The zero-order chi connectivity index (χ0) is 13.0. The van der Waals surface area contributed by atoms with Gasteiger partial charge in [-0.2, -0.15) is 0 Å². The Morgan fingerprint density at radius 1 is 1.39 bits per heavy atom. The van der Waals surface area contributed by atoms with Crippen molar-refractivity contribution in [3.05, 3.63) is 0 Å². The lowest BCUT2D eigenvalue weighted by atomic mass is 9.78. The highest BCUT2D eigenvalue weighted by atomic mass is 16.5. The minimum absolute atomic E-state index is 0.178. The topological polar surface area (TPSA) is 64.8 Å². The number of carbonyl (C=O) groups excluding carboxylic acids is 1. The molecule has 0 aromatic heterocycles. The summed E-state index contributed by atoms with van der Waals surface area (Å²) in [4.78, 5) is 14.6. The second-order valence-electron chi connectivity index (χ2n) is 5.25. The average molecular weight is 256 g/mol. The largest absolute Gasteiger partial charge is 0.381 e. The SMILES string of the molecule is CCC1CN(C(=O)C2(CN)CCOCC2)CCO1. The number of carbonyl (C=O) groups is 1. The lowest BCUT2D eigenvalue weighted by Gasteiger charge is -2.41. The Bertz CT molecular complexity index is 290. The van der Waals surface area contributed by atoms with Crippen molar-refractivity contribution in [2.45, 2.75) is 32.3 Å². The molecule has 2 saturated heterocycles. The van der Waals surface area contributed by atoms with Crippen molar-refractivity contribution < 1.29 is 14.3 Å². The summed E-state index contributed by atoms with van der Waals surface area (Å²) in [6.07, 6.45) is 2.62. The fraction of sp³-hybridized carbons (Fsp3) is 0.923. The van der Waals surface area contributed by atoms with Crippen LogP contribution < -0.4 is 5.73 Å². The maximum Gasteiger partial charge on any atom is 0.230 e. The van der Waals surface area contributed by atoms with Crippen LogP contribution in [-0.2, 0) is 14.3 Å². The summed E-state index contributed by atoms with van der Waals surface area (Å²) >= 11 is 0. The Hall–Kier alpha value is -0.650. The van der Waals surface area contributed by atoms with E-state index in [2.05, 4.69) is 6.92 Å². The van der Waals surface area contributed by atoms with E-state index in [0.717, 1.165) is 19.3 Å². The molecule has 0 aromatic rings. The number of nitrogens with two attached hydrogens (primary N) is 1. The van der Waals surface area contributed by atoms with Crippen molar-refractivity contribution in [1.82, 2.24) is 4.90 Å². The molecule has 5 nitrogen and oxygen atoms in total. The maximum absolute atomic E-state index is 12.7. The number of hydrogen-bond acceptors (Lipinski definition) is 4. The molecule has 5 heteroatoms. The van der Waals surface area contributed by atoms with E-state index in [9.17, 15) is 4.79 Å². The van der Waals surface area contributed by atoms with Gasteiger partial charge in [-0.15, -0.1) is 0 Å². The van der Waals surface area contributed by atoms with Crippen LogP contribution in [0.15, 0.2) is 0 Å². The summed E-state index contributed by atoms with van der Waals surface area (Å²) < 4.78 is 11.0. The molecule has 0 bridgehead atoms. The molecular weight excluding hydrogens is 232 g/mol. The van der Waals surface area contributed by atoms with Crippen LogP contribution in [0.2, 0.25) is 0 Å². The molecule has 1 amide bonds. The lowest BCUT2D eigenvalue weighted by Crippen LogP contribution is -2.55. The van der Waals surface area contributed by atoms with E-state index in [4.69, 9.17) is 15.2 Å². The van der Waals surface area contributed by atoms with Crippen LogP contribution in [0.1, 0.15) is 26.2 Å². The molecule has 2 aliphatic heterocycles. The molecule has 0 spiro atoms. The van der Waals surface area contributed by atoms with Crippen molar-refractivity contribution in [1.29, 1.82) is 0 Å². The first-order chi connectivity index (χ1) is 8.72. The Morgan fingerprint density at radius 3 is 2.72 bits per heavy atom. The van der Waals surface area contributed by atoms with E-state index in [0.29, 0.717) is 39.5 Å². The smallest absolute Gasteiger partial charge is 0.230 e. The van der Waals surface area contributed by atoms with Gasteiger partial charge in [-0.05, 0) is 19.3 Å². The number of hydrogen-bond donors (Lipinski definition) is 1. The third-order valence-electron chi connectivity index (χ3n) is 4.18. The quantitative estimate of drug-likeness (QED) is 0.793. The summed E-state index contributed by atoms with van der Waals surface area (Å²) in [5.41, 5.74) is 5.48. The van der Waals surface area contributed by atoms with Gasteiger partial charge in [-0.3, -0.25) is 4.79 Å². The molecule has 2 fully saturated rings. The second kappa shape index (κ2) is 5.99. The molecular formula is C13H24N2O3. The summed E-state index contributed by atoms with van der Waals surface area (Å²) in [5.74, 6) is 0.204. The van der Waals surface area contributed by atoms with Crippen molar-refractivity contribution >= 4 is 5.91 Å². The maximum atomic E-state index is 12.7. The van der Waals surface area contributed by atoms with Crippen molar-refractivity contribution in [2.75, 3.05) is 39.5 Å². The van der Waals surface area contributed by atoms with Crippen LogP contribution >= 0.6 is 0 Å². The van der Waals surface area contributed by atoms with Gasteiger partial charge in [-0.25, -0.2) is 0 Å². The summed E-state index contributed by atoms with van der Waals surface area (Å²) in [5, 5.41) is 0. The van der Waals surface area contributed by atoms with E-state index < -0.39 is 5.41 Å². The Balaban J connectivity index is 2.04. The van der Waals surface area contributed by atoms with Gasteiger partial charge < -0.3 is 20.1 Å². The molecule has 2 aliphatic rings. The highest BCUT2D eigenvalue weighted by Gasteiger charge is 2.42. The molecule has 2 N–H and O–H groups in total. The van der Waals surface area contributed by atoms with E-state index in [1.165, 1.54) is 0 Å². The average Bonchev–Trinajstić information content (AvgIpc) is 2.47. The normalized spacial score (nSPS) is 28.1. The van der Waals surface area contributed by atoms with E-state index in [1.54, 1.807) is 0 Å². The molecule has 0 saturated carbocycles. The van der Waals surface area contributed by atoms with E-state index in [1.807, 2.05) is 4.90 Å². The minimum Gasteiger partial charge on any atom is -0.381 e. The highest BCUT2D eigenvalue weighted by Crippen LogP contribution is 2.32. The van der Waals surface area contributed by atoms with Crippen molar-refractivity contribution in [3.8, 4) is 0 Å². The molecule has 0 radical (unpaired) electrons. The van der Waals surface area contributed by atoms with E-state index in [-0.39, 0.29) is 12.0 Å². The molecule has 2 heterocycles. The lowest BCUT2D eigenvalue weighted by molar-refractivity contribution is -0.154. The summed E-state index contributed by atoms with van der Waals surface area (Å²) in [6.45, 7) is 5.83. The van der Waals surface area contributed by atoms with Gasteiger partial charge in [-0.1, -0.05) is 6.92 Å². The predicted octanol–water partition coefficient (Wildman–Crippen LogP) is 0.379. The van der Waals surface area contributed by atoms with Crippen LogP contribution in [0, 0.1) is 5.41 Å². The Morgan fingerprint density at radius 2 is 2.11 bits per heavy atom. The zero-order valence-corrected chi connectivity index (χ0v) is 11.2. The molecule has 2 rings (SSSR count). The minimum atomic E-state index is -0.395. The molecule has 0 aromatic carbocycles. The second-order valence-corrected chi connectivity index (χ2v) is 5.25. The van der Waals surface area contributed by atoms with Gasteiger partial charge in [0.15, 0.2) is 0 Å². The summed E-state index contributed by atoms with van der Waals surface area (Å²) in [6, 6.07) is 0. The number of morpholine rings is 1. The first-order valence-corrected chi connectivity index (χ1v) is 6.90. The number of nitrogens with zero attached hydrogens (tertiary/aromatic N) is 1. The first-order valence-electron chi connectivity index (χ1n) is 6.90. The van der Waals surface area contributed by atoms with Gasteiger partial charge in [0.1, 0.15) is 0 Å². The molecule has 0 aliphatic carbocycles. The third-order valence-corrected chi connectivity index (χ3v) is 4.18. The van der Waals surface area contributed by atoms with Gasteiger partial charge in [0.05, 0.1) is 18.1 Å². The van der Waals surface area contributed by atoms with E-state index >= 15 is 0 Å². The van der Waals surface area contributed by atoms with Gasteiger partial charge in [0.2, 0.25) is 5.91 Å². The first kappa shape index (κ1) is 13.8. The van der Waals surface area contributed by atoms with Gasteiger partial charge in [0, 0.05) is 32.8 Å². The Kier molecular flexibility index (Phi) is 4.59. The van der Waals surface area contributed by atoms with Crippen LogP contribution in [0.5, 0.6) is 0 Å². The molecule has 104 valence electrons. The third kappa shape index (κ3) is 2.68. The number of rotatable bonds is 3. The summed E-state index contributed by atoms with van der Waals surface area (Å²) in [7, 11) is 0. The molecule has 1 unspecified atom stereocenters. The van der Waals surface area contributed by atoms with Gasteiger partial charge >= 0.3 is 0 Å². The van der Waals surface area contributed by atoms with Crippen molar-refractivity contribution in [3.63, 3.8) is 0 Å². The fourth-order valence-electron chi connectivity index (χ4n) is 2.75. The predicted molar refractivity (Wildman–Crippen MR) is 68.2 cm³/mol. The van der Waals surface area contributed by atoms with Crippen molar-refractivity contribution in [2.24, 2.45) is 11.1 Å². The number of amides is 1. The monoisotopic (exact) mass is 256 g/mol. The molecule has 18 heavy (non-hydrogen) atoms. The number of ether oxygens (including phenoxy) is 2. The zero-order valence-electron chi connectivity index (χ0n) is 11.2. The highest BCUT2D eigenvalue weighted by molar-refractivity contribution is 5.83. The van der Waals surface area contributed by atoms with Crippen LogP contribution in [0.4, 0.5) is 0 Å². The van der Waals surface area contributed by atoms with Crippen LogP contribution in [0.3, 0.4) is 0 Å². The van der Waals surface area contributed by atoms with Gasteiger partial charge in [0.25, 0.3) is 0 Å².